The van der Waals surface area contributed by atoms with Crippen LogP contribution in [0.15, 0.2) is 41.1 Å². The van der Waals surface area contributed by atoms with E-state index >= 15 is 0 Å². The van der Waals surface area contributed by atoms with Crippen molar-refractivity contribution < 1.29 is 18.9 Å². The molecule has 1 aromatic heterocycles. The van der Waals surface area contributed by atoms with E-state index in [4.69, 9.17) is 4.52 Å². The molecule has 1 saturated heterocycles. The van der Waals surface area contributed by atoms with Crippen LogP contribution in [0, 0.1) is 5.41 Å². The number of hydrogen-bond acceptors (Lipinski definition) is 7. The number of aromatic nitrogens is 2. The van der Waals surface area contributed by atoms with E-state index in [2.05, 4.69) is 15.9 Å². The van der Waals surface area contributed by atoms with Crippen LogP contribution in [0.5, 0.6) is 0 Å². The molecule has 2 heterocycles. The number of benzene rings is 1. The first kappa shape index (κ1) is 22.4. The number of carbonyl (C=O) groups excluding carboxylic acids is 2. The summed E-state index contributed by atoms with van der Waals surface area (Å²) < 4.78 is 5.17. The Labute approximate surface area is 178 Å². The van der Waals surface area contributed by atoms with E-state index in [9.17, 15) is 9.59 Å². The highest BCUT2D eigenvalue weighted by molar-refractivity contribution is 8.93. The summed E-state index contributed by atoms with van der Waals surface area (Å²) in [6.45, 7) is 6.87. The van der Waals surface area contributed by atoms with E-state index in [0.717, 1.165) is 37.9 Å². The average molecular weight is 470 g/mol. The molecule has 2 aromatic rings. The maximum Gasteiger partial charge on any atom is 0.257 e. The van der Waals surface area contributed by atoms with Crippen LogP contribution >= 0.6 is 28.7 Å². The maximum atomic E-state index is 12.6. The van der Waals surface area contributed by atoms with Gasteiger partial charge in [0.25, 0.3) is 6.20 Å². The highest BCUT2D eigenvalue weighted by Crippen LogP contribution is 2.30. The minimum absolute atomic E-state index is 0. The van der Waals surface area contributed by atoms with Crippen LogP contribution in [0.25, 0.3) is 5.32 Å². The quantitative estimate of drug-likeness (QED) is 0.647. The van der Waals surface area contributed by atoms with Gasteiger partial charge in [0.1, 0.15) is 5.88 Å². The van der Waals surface area contributed by atoms with Crippen molar-refractivity contribution in [1.29, 1.82) is 0 Å². The van der Waals surface area contributed by atoms with E-state index in [1.807, 2.05) is 23.2 Å². The standard InChI is InChI=1S/C18H23N5O3S.BrH/c1-18(2,13-27-16(24)14-6-4-3-5-7-14)17(25)20-15-12-23(21-26-15)22-10-8-19-9-11-22;/h3-7,12,19H,8-11,13H2,1-2H3;1H. The molecular weight excluding hydrogens is 446 g/mol. The van der Waals surface area contributed by atoms with Crippen molar-refractivity contribution in [2.24, 2.45) is 5.41 Å². The molecule has 1 aliphatic heterocycles. The Morgan fingerprint density at radius 3 is 2.64 bits per heavy atom. The molecule has 1 aromatic carbocycles. The molecule has 0 unspecified atom stereocenters. The maximum absolute atomic E-state index is 12.6. The summed E-state index contributed by atoms with van der Waals surface area (Å²) in [6.07, 6.45) is 1.60. The lowest BCUT2D eigenvalue weighted by Crippen LogP contribution is -2.64. The lowest BCUT2D eigenvalue weighted by molar-refractivity contribution is -0.758. The van der Waals surface area contributed by atoms with Crippen molar-refractivity contribution in [3.63, 3.8) is 0 Å². The van der Waals surface area contributed by atoms with Crippen LogP contribution in [0.1, 0.15) is 24.2 Å². The predicted molar refractivity (Wildman–Crippen MR) is 113 cm³/mol. The molecule has 0 radical (unpaired) electrons. The van der Waals surface area contributed by atoms with E-state index in [1.165, 1.54) is 0 Å². The first-order chi connectivity index (χ1) is 13.0. The van der Waals surface area contributed by atoms with E-state index in [-0.39, 0.29) is 33.9 Å². The molecule has 1 aliphatic rings. The number of carbonyl (C=O) groups is 2. The summed E-state index contributed by atoms with van der Waals surface area (Å²) in [7, 11) is 0. The molecule has 0 saturated carbocycles. The summed E-state index contributed by atoms with van der Waals surface area (Å²) in [5.41, 5.74) is -0.183. The zero-order valence-corrected chi connectivity index (χ0v) is 18.4. The molecule has 3 rings (SSSR count). The predicted octanol–water partition coefficient (Wildman–Crippen LogP) is 2.21. The molecule has 1 fully saturated rings. The highest BCUT2D eigenvalue weighted by Gasteiger charge is 2.25. The number of thioether (sulfide) groups is 1. The van der Waals surface area contributed by atoms with Crippen LogP contribution in [0.3, 0.4) is 0 Å². The van der Waals surface area contributed by atoms with Gasteiger partial charge in [-0.1, -0.05) is 55.9 Å². The van der Waals surface area contributed by atoms with Crippen molar-refractivity contribution in [2.45, 2.75) is 13.8 Å². The van der Waals surface area contributed by atoms with Crippen molar-refractivity contribution in [3.8, 4) is 0 Å². The van der Waals surface area contributed by atoms with Gasteiger partial charge in [-0.2, -0.15) is 5.01 Å². The molecule has 0 spiro atoms. The van der Waals surface area contributed by atoms with Gasteiger partial charge in [0, 0.05) is 29.8 Å². The molecular formula is C18H24BrN5O3S. The summed E-state index contributed by atoms with van der Waals surface area (Å²) in [6, 6.07) is 9.02. The SMILES string of the molecule is Br.CC(C)(CSC(=O)c1ccccc1)C(=O)[N-]c1c[n+](N2CCNCC2)no1. The number of halogens is 1. The summed E-state index contributed by atoms with van der Waals surface area (Å²) >= 11 is 1.12. The molecule has 10 heteroatoms. The molecule has 0 aliphatic carbocycles. The van der Waals surface area contributed by atoms with Gasteiger partial charge in [-0.15, -0.1) is 17.0 Å². The number of nitrogens with one attached hydrogen (secondary N) is 1. The van der Waals surface area contributed by atoms with Crippen LogP contribution < -0.4 is 15.1 Å². The number of rotatable bonds is 6. The third-order valence-corrected chi connectivity index (χ3v) is 5.56. The number of piperazine rings is 1. The largest absolute Gasteiger partial charge is 0.588 e. The van der Waals surface area contributed by atoms with Crippen molar-refractivity contribution in [2.75, 3.05) is 36.9 Å². The summed E-state index contributed by atoms with van der Waals surface area (Å²) in [5.74, 6) is 0.139. The fraction of sp³-hybridized carbons (Fsp3) is 0.444. The van der Waals surface area contributed by atoms with Crippen molar-refractivity contribution in [1.82, 2.24) is 10.6 Å². The number of amides is 1. The Balaban J connectivity index is 0.00000280. The van der Waals surface area contributed by atoms with Crippen LogP contribution in [0.2, 0.25) is 0 Å². The van der Waals surface area contributed by atoms with Gasteiger partial charge >= 0.3 is 0 Å². The summed E-state index contributed by atoms with van der Waals surface area (Å²) in [5, 5.41) is 13.2. The first-order valence-electron chi connectivity index (χ1n) is 8.79. The Morgan fingerprint density at radius 1 is 1.29 bits per heavy atom. The van der Waals surface area contributed by atoms with Crippen LogP contribution in [-0.4, -0.2) is 48.2 Å². The van der Waals surface area contributed by atoms with Gasteiger partial charge in [0.2, 0.25) is 10.4 Å². The molecule has 0 atom stereocenters. The minimum Gasteiger partial charge on any atom is -0.588 e. The fourth-order valence-corrected chi connectivity index (χ4v) is 3.40. The first-order valence-corrected chi connectivity index (χ1v) is 9.77. The molecule has 28 heavy (non-hydrogen) atoms. The Kier molecular flexibility index (Phi) is 8.02. The molecule has 1 amide bonds. The van der Waals surface area contributed by atoms with E-state index in [1.54, 1.807) is 37.0 Å². The minimum atomic E-state index is -0.804. The van der Waals surface area contributed by atoms with Crippen molar-refractivity contribution >= 4 is 45.6 Å². The van der Waals surface area contributed by atoms with E-state index < -0.39 is 5.41 Å². The molecule has 0 bridgehead atoms. The van der Waals surface area contributed by atoms with Gasteiger partial charge in [-0.3, -0.25) is 4.79 Å². The monoisotopic (exact) mass is 469 g/mol. The Bertz CT molecular complexity index is 794. The molecule has 152 valence electrons. The fourth-order valence-electron chi connectivity index (χ4n) is 2.49. The van der Waals surface area contributed by atoms with Gasteiger partial charge in [0.15, 0.2) is 0 Å². The number of hydrogen-bond donors (Lipinski definition) is 1. The van der Waals surface area contributed by atoms with Crippen LogP contribution in [0.4, 0.5) is 5.88 Å². The second kappa shape index (κ2) is 10.0. The third-order valence-electron chi connectivity index (χ3n) is 4.19. The Hall–Kier alpha value is -1.91. The lowest BCUT2D eigenvalue weighted by Gasteiger charge is -2.29. The zero-order chi connectivity index (χ0) is 19.3. The van der Waals surface area contributed by atoms with E-state index in [0.29, 0.717) is 11.3 Å². The topological polar surface area (TPSA) is 93.4 Å². The zero-order valence-electron chi connectivity index (χ0n) is 15.8. The van der Waals surface area contributed by atoms with Gasteiger partial charge in [-0.25, -0.2) is 0 Å². The highest BCUT2D eigenvalue weighted by atomic mass is 79.9. The van der Waals surface area contributed by atoms with Gasteiger partial charge in [0.05, 0.1) is 23.8 Å². The van der Waals surface area contributed by atoms with Gasteiger partial charge < -0.3 is 20.0 Å². The molecule has 8 nitrogen and oxygen atoms in total. The second-order valence-corrected chi connectivity index (χ2v) is 7.86. The van der Waals surface area contributed by atoms with Crippen LogP contribution in [-0.2, 0) is 4.79 Å². The second-order valence-electron chi connectivity index (χ2n) is 6.91. The number of nitrogens with zero attached hydrogens (tertiary/aromatic N) is 4. The lowest BCUT2D eigenvalue weighted by atomic mass is 9.95. The molecule has 1 N–H and O–H groups in total. The summed E-state index contributed by atoms with van der Waals surface area (Å²) in [4.78, 5) is 26.4. The normalized spacial score (nSPS) is 14.3. The smallest absolute Gasteiger partial charge is 0.257 e. The third kappa shape index (κ3) is 5.79. The Morgan fingerprint density at radius 2 is 1.96 bits per heavy atom. The average Bonchev–Trinajstić information content (AvgIpc) is 3.16. The van der Waals surface area contributed by atoms with Gasteiger partial charge in [-0.05, 0) is 0 Å². The van der Waals surface area contributed by atoms with Crippen molar-refractivity contribution in [3.05, 3.63) is 47.4 Å².